The smallest absolute Gasteiger partial charge is 0.407 e. The molecule has 2 aliphatic heterocycles. The Morgan fingerprint density at radius 3 is 2.69 bits per heavy atom. The highest BCUT2D eigenvalue weighted by molar-refractivity contribution is 6.33. The van der Waals surface area contributed by atoms with E-state index in [2.05, 4.69) is 39.8 Å². The average molecular weight is 460 g/mol. The van der Waals surface area contributed by atoms with Crippen molar-refractivity contribution in [2.75, 3.05) is 33.4 Å². The van der Waals surface area contributed by atoms with Crippen LogP contribution in [0.1, 0.15) is 62.1 Å². The third-order valence-electron chi connectivity index (χ3n) is 6.76. The maximum Gasteiger partial charge on any atom is 0.407 e. The number of carbonyl (C=O) groups is 1. The summed E-state index contributed by atoms with van der Waals surface area (Å²) < 4.78 is 10.6. The van der Waals surface area contributed by atoms with Crippen LogP contribution in [-0.4, -0.2) is 50.4 Å². The zero-order valence-corrected chi connectivity index (χ0v) is 19.8. The molecule has 2 fully saturated rings. The molecule has 2 N–H and O–H groups in total. The standard InChI is InChI=1S/C25H34ClN3O3/c1-3-32-25(30)28-20-8-11-29(12-9-20)16-17-7-10-27-22(13-17)19-14-21(18-5-4-6-18)24(26)23(15-19)31-2/h7,10,13-15,18,20,22,27H,3-6,8-9,11-12,16H2,1-2H3,(H,28,30). The van der Waals surface area contributed by atoms with Gasteiger partial charge in [0.1, 0.15) is 5.75 Å². The van der Waals surface area contributed by atoms with Crippen LogP contribution in [0.25, 0.3) is 0 Å². The van der Waals surface area contributed by atoms with Crippen LogP contribution in [0.15, 0.2) is 36.1 Å². The molecule has 4 rings (SSSR count). The van der Waals surface area contributed by atoms with E-state index in [1.54, 1.807) is 7.11 Å². The predicted octanol–water partition coefficient (Wildman–Crippen LogP) is 4.91. The van der Waals surface area contributed by atoms with Crippen LogP contribution in [0, 0.1) is 0 Å². The molecule has 0 bridgehead atoms. The normalized spacial score (nSPS) is 22.0. The summed E-state index contributed by atoms with van der Waals surface area (Å²) in [5, 5.41) is 7.20. The highest BCUT2D eigenvalue weighted by Crippen LogP contribution is 2.44. The Labute approximate surface area is 196 Å². The zero-order chi connectivity index (χ0) is 22.5. The molecule has 1 aromatic rings. The third kappa shape index (κ3) is 5.41. The molecule has 1 saturated carbocycles. The van der Waals surface area contributed by atoms with Gasteiger partial charge in [0, 0.05) is 25.7 Å². The lowest BCUT2D eigenvalue weighted by Crippen LogP contribution is -2.45. The number of carbonyl (C=O) groups excluding carboxylic acids is 1. The minimum absolute atomic E-state index is 0.100. The molecule has 1 aliphatic carbocycles. The topological polar surface area (TPSA) is 62.8 Å². The first-order valence-electron chi connectivity index (χ1n) is 11.7. The largest absolute Gasteiger partial charge is 0.495 e. The second-order valence-electron chi connectivity index (χ2n) is 8.89. The van der Waals surface area contributed by atoms with Gasteiger partial charge in [-0.1, -0.05) is 30.2 Å². The minimum Gasteiger partial charge on any atom is -0.495 e. The number of piperidine rings is 1. The van der Waals surface area contributed by atoms with Crippen molar-refractivity contribution >= 4 is 17.7 Å². The molecular weight excluding hydrogens is 426 g/mol. The van der Waals surface area contributed by atoms with Crippen molar-refractivity contribution in [2.24, 2.45) is 0 Å². The molecule has 1 amide bonds. The second-order valence-corrected chi connectivity index (χ2v) is 9.27. The molecule has 174 valence electrons. The molecule has 7 heteroatoms. The van der Waals surface area contributed by atoms with E-state index in [0.29, 0.717) is 12.5 Å². The minimum atomic E-state index is -0.308. The molecule has 0 radical (unpaired) electrons. The van der Waals surface area contributed by atoms with Gasteiger partial charge >= 0.3 is 6.09 Å². The number of halogens is 1. The van der Waals surface area contributed by atoms with Gasteiger partial charge in [-0.2, -0.15) is 0 Å². The molecule has 1 aromatic carbocycles. The quantitative estimate of drug-likeness (QED) is 0.606. The summed E-state index contributed by atoms with van der Waals surface area (Å²) in [7, 11) is 1.69. The van der Waals surface area contributed by atoms with Crippen molar-refractivity contribution < 1.29 is 14.3 Å². The highest BCUT2D eigenvalue weighted by Gasteiger charge is 2.26. The Morgan fingerprint density at radius 2 is 2.03 bits per heavy atom. The number of nitrogens with one attached hydrogen (secondary N) is 2. The van der Waals surface area contributed by atoms with E-state index < -0.39 is 0 Å². The summed E-state index contributed by atoms with van der Waals surface area (Å²) in [6.45, 7) is 5.05. The van der Waals surface area contributed by atoms with Crippen molar-refractivity contribution in [1.82, 2.24) is 15.5 Å². The Bertz CT molecular complexity index is 873. The number of nitrogens with zero attached hydrogens (tertiary/aromatic N) is 1. The van der Waals surface area contributed by atoms with E-state index in [1.165, 1.54) is 36.0 Å². The fourth-order valence-electron chi connectivity index (χ4n) is 4.69. The molecule has 1 saturated heterocycles. The zero-order valence-electron chi connectivity index (χ0n) is 19.0. The van der Waals surface area contributed by atoms with Gasteiger partial charge in [0.2, 0.25) is 0 Å². The first kappa shape index (κ1) is 23.0. The molecule has 1 unspecified atom stereocenters. The van der Waals surface area contributed by atoms with Crippen LogP contribution in [0.5, 0.6) is 5.75 Å². The van der Waals surface area contributed by atoms with Crippen LogP contribution < -0.4 is 15.4 Å². The molecule has 2 heterocycles. The van der Waals surface area contributed by atoms with E-state index in [1.807, 2.05) is 13.1 Å². The third-order valence-corrected chi connectivity index (χ3v) is 7.16. The number of alkyl carbamates (subject to hydrolysis) is 1. The number of amides is 1. The fraction of sp³-hybridized carbons (Fsp3) is 0.560. The van der Waals surface area contributed by atoms with Crippen LogP contribution in [0.3, 0.4) is 0 Å². The van der Waals surface area contributed by atoms with Gasteiger partial charge in [-0.3, -0.25) is 4.90 Å². The van der Waals surface area contributed by atoms with E-state index >= 15 is 0 Å². The number of likely N-dealkylation sites (tertiary alicyclic amines) is 1. The lowest BCUT2D eigenvalue weighted by atomic mass is 9.79. The number of rotatable bonds is 7. The van der Waals surface area contributed by atoms with Crippen molar-refractivity contribution in [2.45, 2.75) is 57.0 Å². The number of benzene rings is 1. The van der Waals surface area contributed by atoms with Crippen LogP contribution in [0.2, 0.25) is 5.02 Å². The predicted molar refractivity (Wildman–Crippen MR) is 127 cm³/mol. The van der Waals surface area contributed by atoms with Gasteiger partial charge in [0.25, 0.3) is 0 Å². The number of hydrogen-bond donors (Lipinski definition) is 2. The summed E-state index contributed by atoms with van der Waals surface area (Å²) in [5.74, 6) is 1.30. The first-order chi connectivity index (χ1) is 15.6. The summed E-state index contributed by atoms with van der Waals surface area (Å²) in [4.78, 5) is 14.1. The van der Waals surface area contributed by atoms with E-state index in [0.717, 1.165) is 43.2 Å². The first-order valence-corrected chi connectivity index (χ1v) is 12.1. The molecule has 0 aromatic heterocycles. The van der Waals surface area contributed by atoms with Crippen LogP contribution in [-0.2, 0) is 4.74 Å². The van der Waals surface area contributed by atoms with E-state index in [9.17, 15) is 4.79 Å². The van der Waals surface area contributed by atoms with E-state index in [4.69, 9.17) is 21.1 Å². The summed E-state index contributed by atoms with van der Waals surface area (Å²) >= 11 is 6.63. The Morgan fingerprint density at radius 1 is 1.25 bits per heavy atom. The Balaban J connectivity index is 1.39. The summed E-state index contributed by atoms with van der Waals surface area (Å²) in [6, 6.07) is 4.61. The van der Waals surface area contributed by atoms with Gasteiger partial charge in [0.05, 0.1) is 24.8 Å². The van der Waals surface area contributed by atoms with Crippen molar-refractivity contribution in [1.29, 1.82) is 0 Å². The Hall–Kier alpha value is -2.18. The Kier molecular flexibility index (Phi) is 7.63. The molecule has 0 spiro atoms. The number of ether oxygens (including phenoxy) is 2. The maximum absolute atomic E-state index is 11.6. The molecule has 3 aliphatic rings. The maximum atomic E-state index is 11.6. The van der Waals surface area contributed by atoms with Crippen molar-refractivity contribution in [3.05, 3.63) is 52.2 Å². The van der Waals surface area contributed by atoms with Crippen molar-refractivity contribution in [3.63, 3.8) is 0 Å². The van der Waals surface area contributed by atoms with Gasteiger partial charge in [-0.15, -0.1) is 0 Å². The summed E-state index contributed by atoms with van der Waals surface area (Å²) in [6.07, 6.45) is 11.7. The SMILES string of the molecule is CCOC(=O)NC1CCN(CC2=CC(c3cc(OC)c(Cl)c(C4CCC4)c3)NC=C2)CC1. The van der Waals surface area contributed by atoms with Crippen LogP contribution >= 0.6 is 11.6 Å². The highest BCUT2D eigenvalue weighted by atomic mass is 35.5. The van der Waals surface area contributed by atoms with Crippen LogP contribution in [0.4, 0.5) is 4.79 Å². The summed E-state index contributed by atoms with van der Waals surface area (Å²) in [5.41, 5.74) is 3.70. The van der Waals surface area contributed by atoms with Gasteiger partial charge in [0.15, 0.2) is 0 Å². The van der Waals surface area contributed by atoms with Gasteiger partial charge in [-0.25, -0.2) is 4.79 Å². The monoisotopic (exact) mass is 459 g/mol. The molecular formula is C25H34ClN3O3. The average Bonchev–Trinajstić information content (AvgIpc) is 2.75. The second kappa shape index (κ2) is 10.6. The fourth-order valence-corrected chi connectivity index (χ4v) is 5.03. The lowest BCUT2D eigenvalue weighted by Gasteiger charge is -2.33. The van der Waals surface area contributed by atoms with E-state index in [-0.39, 0.29) is 18.2 Å². The molecule has 32 heavy (non-hydrogen) atoms. The molecule has 6 nitrogen and oxygen atoms in total. The number of methoxy groups -OCH3 is 1. The van der Waals surface area contributed by atoms with Gasteiger partial charge in [-0.05, 0) is 73.6 Å². The lowest BCUT2D eigenvalue weighted by molar-refractivity contribution is 0.138. The molecule has 1 atom stereocenters. The van der Waals surface area contributed by atoms with Crippen molar-refractivity contribution in [3.8, 4) is 5.75 Å². The number of hydrogen-bond acceptors (Lipinski definition) is 5. The number of dihydropyridines is 1. The van der Waals surface area contributed by atoms with Gasteiger partial charge < -0.3 is 20.1 Å².